The van der Waals surface area contributed by atoms with Crippen LogP contribution in [0.2, 0.25) is 0 Å². The molecule has 0 saturated heterocycles. The van der Waals surface area contributed by atoms with Crippen molar-refractivity contribution < 1.29 is 0 Å². The van der Waals surface area contributed by atoms with Crippen molar-refractivity contribution in [3.8, 4) is 0 Å². The second-order valence-corrected chi connectivity index (χ2v) is 4.86. The van der Waals surface area contributed by atoms with Gasteiger partial charge < -0.3 is 10.2 Å². The Morgan fingerprint density at radius 1 is 1.06 bits per heavy atom. The van der Waals surface area contributed by atoms with Gasteiger partial charge in [0.2, 0.25) is 0 Å². The van der Waals surface area contributed by atoms with Crippen molar-refractivity contribution in [2.45, 2.75) is 19.5 Å². The number of nitrogens with one attached hydrogen (secondary N) is 1. The Labute approximate surface area is 108 Å². The molecule has 1 aliphatic rings. The minimum Gasteiger partial charge on any atom is -0.381 e. The number of nitrogens with zero attached hydrogens (tertiary/aromatic N) is 1. The molecule has 0 bridgehead atoms. The van der Waals surface area contributed by atoms with Crippen LogP contribution in [-0.4, -0.2) is 12.6 Å². The molecule has 2 nitrogen and oxygen atoms in total. The van der Waals surface area contributed by atoms with Crippen LogP contribution in [0, 0.1) is 0 Å². The van der Waals surface area contributed by atoms with Crippen molar-refractivity contribution in [3.63, 3.8) is 0 Å². The molecule has 0 unspecified atom stereocenters. The van der Waals surface area contributed by atoms with Gasteiger partial charge in [0, 0.05) is 19.1 Å². The Morgan fingerprint density at radius 3 is 2.61 bits per heavy atom. The predicted molar refractivity (Wildman–Crippen MR) is 77.0 cm³/mol. The van der Waals surface area contributed by atoms with Crippen LogP contribution >= 0.6 is 0 Å². The smallest absolute Gasteiger partial charge is 0.0608 e. The van der Waals surface area contributed by atoms with Crippen LogP contribution in [0.4, 0.5) is 11.4 Å². The summed E-state index contributed by atoms with van der Waals surface area (Å²) in [5.74, 6) is 0. The van der Waals surface area contributed by atoms with Crippen molar-refractivity contribution >= 4 is 11.4 Å². The summed E-state index contributed by atoms with van der Waals surface area (Å²) in [6.07, 6.45) is 0. The van der Waals surface area contributed by atoms with E-state index in [9.17, 15) is 0 Å². The van der Waals surface area contributed by atoms with Gasteiger partial charge in [0.1, 0.15) is 0 Å². The summed E-state index contributed by atoms with van der Waals surface area (Å²) >= 11 is 0. The standard InChI is InChI=1S/C16H18N2/c1-13-11-17-15-9-5-6-10-16(15)18(13)12-14-7-3-2-4-8-14/h2-10,13,17H,11-12H2,1H3/t13-/m1/s1. The van der Waals surface area contributed by atoms with Gasteiger partial charge in [0.15, 0.2) is 0 Å². The monoisotopic (exact) mass is 238 g/mol. The number of para-hydroxylation sites is 2. The van der Waals surface area contributed by atoms with E-state index in [0.29, 0.717) is 6.04 Å². The first-order valence-electron chi connectivity index (χ1n) is 6.48. The summed E-state index contributed by atoms with van der Waals surface area (Å²) in [4.78, 5) is 2.47. The first-order valence-corrected chi connectivity index (χ1v) is 6.48. The number of anilines is 2. The Hall–Kier alpha value is -1.96. The molecule has 0 aliphatic carbocycles. The third-order valence-electron chi connectivity index (χ3n) is 3.53. The summed E-state index contributed by atoms with van der Waals surface area (Å²) in [6, 6.07) is 19.7. The van der Waals surface area contributed by atoms with E-state index >= 15 is 0 Å². The number of hydrogen-bond acceptors (Lipinski definition) is 2. The van der Waals surface area contributed by atoms with E-state index in [2.05, 4.69) is 71.7 Å². The lowest BCUT2D eigenvalue weighted by atomic mass is 10.1. The molecular weight excluding hydrogens is 220 g/mol. The second kappa shape index (κ2) is 4.73. The van der Waals surface area contributed by atoms with Crippen molar-refractivity contribution in [1.82, 2.24) is 0 Å². The lowest BCUT2D eigenvalue weighted by Gasteiger charge is -2.37. The number of fused-ring (bicyclic) bond motifs is 1. The second-order valence-electron chi connectivity index (χ2n) is 4.86. The van der Waals surface area contributed by atoms with Crippen LogP contribution in [-0.2, 0) is 6.54 Å². The summed E-state index contributed by atoms with van der Waals surface area (Å²) in [6.45, 7) is 4.25. The van der Waals surface area contributed by atoms with Crippen LogP contribution in [0.15, 0.2) is 54.6 Å². The Morgan fingerprint density at radius 2 is 1.78 bits per heavy atom. The van der Waals surface area contributed by atoms with Gasteiger partial charge in [-0.15, -0.1) is 0 Å². The molecule has 1 heterocycles. The summed E-state index contributed by atoms with van der Waals surface area (Å²) in [7, 11) is 0. The molecule has 0 fully saturated rings. The van der Waals surface area contributed by atoms with Crippen molar-refractivity contribution in [2.24, 2.45) is 0 Å². The molecule has 1 atom stereocenters. The van der Waals surface area contributed by atoms with E-state index in [1.807, 2.05) is 0 Å². The lowest BCUT2D eigenvalue weighted by molar-refractivity contribution is 0.641. The summed E-state index contributed by atoms with van der Waals surface area (Å²) < 4.78 is 0. The molecule has 0 aromatic heterocycles. The molecule has 2 aromatic rings. The van der Waals surface area contributed by atoms with E-state index in [-0.39, 0.29) is 0 Å². The normalized spacial score (nSPS) is 18.1. The molecule has 1 N–H and O–H groups in total. The minimum absolute atomic E-state index is 0.514. The van der Waals surface area contributed by atoms with E-state index in [1.54, 1.807) is 0 Å². The van der Waals surface area contributed by atoms with Gasteiger partial charge >= 0.3 is 0 Å². The molecule has 0 amide bonds. The highest BCUT2D eigenvalue weighted by Crippen LogP contribution is 2.32. The molecule has 92 valence electrons. The van der Waals surface area contributed by atoms with Crippen LogP contribution < -0.4 is 10.2 Å². The van der Waals surface area contributed by atoms with E-state index in [0.717, 1.165) is 13.1 Å². The highest BCUT2D eigenvalue weighted by molar-refractivity contribution is 5.72. The lowest BCUT2D eigenvalue weighted by Crippen LogP contribution is -2.41. The quantitative estimate of drug-likeness (QED) is 0.861. The number of hydrogen-bond donors (Lipinski definition) is 1. The maximum absolute atomic E-state index is 3.49. The maximum atomic E-state index is 3.49. The zero-order valence-electron chi connectivity index (χ0n) is 10.6. The Bertz CT molecular complexity index is 522. The summed E-state index contributed by atoms with van der Waals surface area (Å²) in [5.41, 5.74) is 3.91. The third kappa shape index (κ3) is 2.06. The third-order valence-corrected chi connectivity index (χ3v) is 3.53. The molecule has 0 saturated carbocycles. The van der Waals surface area contributed by atoms with Gasteiger partial charge in [-0.05, 0) is 24.6 Å². The average Bonchev–Trinajstić information content (AvgIpc) is 2.43. The average molecular weight is 238 g/mol. The van der Waals surface area contributed by atoms with Crippen LogP contribution in [0.3, 0.4) is 0 Å². The van der Waals surface area contributed by atoms with Crippen molar-refractivity contribution in [1.29, 1.82) is 0 Å². The molecule has 2 heteroatoms. The van der Waals surface area contributed by atoms with E-state index in [4.69, 9.17) is 0 Å². The van der Waals surface area contributed by atoms with E-state index in [1.165, 1.54) is 16.9 Å². The largest absolute Gasteiger partial charge is 0.381 e. The highest BCUT2D eigenvalue weighted by atomic mass is 15.2. The SMILES string of the molecule is C[C@@H]1CNc2ccccc2N1Cc1ccccc1. The first-order chi connectivity index (χ1) is 8.84. The van der Waals surface area contributed by atoms with Crippen LogP contribution in [0.25, 0.3) is 0 Å². The van der Waals surface area contributed by atoms with Gasteiger partial charge in [-0.1, -0.05) is 42.5 Å². The zero-order valence-corrected chi connectivity index (χ0v) is 10.6. The fourth-order valence-corrected chi connectivity index (χ4v) is 2.50. The minimum atomic E-state index is 0.514. The number of benzene rings is 2. The fraction of sp³-hybridized carbons (Fsp3) is 0.250. The molecular formula is C16H18N2. The van der Waals surface area contributed by atoms with Gasteiger partial charge in [-0.2, -0.15) is 0 Å². The van der Waals surface area contributed by atoms with Gasteiger partial charge in [0.05, 0.1) is 11.4 Å². The topological polar surface area (TPSA) is 15.3 Å². The van der Waals surface area contributed by atoms with Gasteiger partial charge in [0.25, 0.3) is 0 Å². The van der Waals surface area contributed by atoms with Crippen LogP contribution in [0.5, 0.6) is 0 Å². The van der Waals surface area contributed by atoms with E-state index < -0.39 is 0 Å². The molecule has 1 aliphatic heterocycles. The Kier molecular flexibility index (Phi) is 2.93. The molecule has 0 radical (unpaired) electrons. The van der Waals surface area contributed by atoms with Gasteiger partial charge in [-0.25, -0.2) is 0 Å². The fourth-order valence-electron chi connectivity index (χ4n) is 2.50. The summed E-state index contributed by atoms with van der Waals surface area (Å²) in [5, 5.41) is 3.49. The first kappa shape index (κ1) is 11.1. The maximum Gasteiger partial charge on any atom is 0.0608 e. The molecule has 18 heavy (non-hydrogen) atoms. The molecule has 3 rings (SSSR count). The predicted octanol–water partition coefficient (Wildman–Crippen LogP) is 3.51. The molecule has 0 spiro atoms. The highest BCUT2D eigenvalue weighted by Gasteiger charge is 2.22. The zero-order chi connectivity index (χ0) is 12.4. The van der Waals surface area contributed by atoms with Gasteiger partial charge in [-0.3, -0.25) is 0 Å². The Balaban J connectivity index is 1.91. The number of rotatable bonds is 2. The van der Waals surface area contributed by atoms with Crippen molar-refractivity contribution in [3.05, 3.63) is 60.2 Å². The molecule has 2 aromatic carbocycles. The van der Waals surface area contributed by atoms with Crippen LogP contribution in [0.1, 0.15) is 12.5 Å². The van der Waals surface area contributed by atoms with Crippen molar-refractivity contribution in [2.75, 3.05) is 16.8 Å².